The zero-order valence-electron chi connectivity index (χ0n) is 18.8. The van der Waals surface area contributed by atoms with Gasteiger partial charge in [-0.25, -0.2) is 0 Å². The zero-order chi connectivity index (χ0) is 22.9. The zero-order valence-corrected chi connectivity index (χ0v) is 18.8. The van der Waals surface area contributed by atoms with Gasteiger partial charge in [0.2, 0.25) is 0 Å². The first-order chi connectivity index (χ1) is 15.5. The standard InChI is InChI=1S/C26H32N2O4/c1-3-18(2)24(19-11-5-4-6-12-19)26(31)32-17-23(29)28-22-16-10-9-15-21(22)25(30)27-20-13-7-8-14-20/h4-6,9-12,15-16,18,20,24H,3,7-8,13-14,17H2,1-2H3,(H,27,30)(H,28,29)/t18-,24-/m0/s1. The van der Waals surface area contributed by atoms with Crippen molar-refractivity contribution in [3.8, 4) is 0 Å². The van der Waals surface area contributed by atoms with Crippen LogP contribution in [0.3, 0.4) is 0 Å². The highest BCUT2D eigenvalue weighted by molar-refractivity contribution is 6.04. The molecule has 0 spiro atoms. The maximum absolute atomic E-state index is 12.8. The molecule has 1 aliphatic rings. The van der Waals surface area contributed by atoms with E-state index in [2.05, 4.69) is 10.6 Å². The van der Waals surface area contributed by atoms with Gasteiger partial charge in [-0.05, 0) is 36.5 Å². The molecule has 2 aromatic carbocycles. The minimum absolute atomic E-state index is 0.0768. The number of esters is 1. The quantitative estimate of drug-likeness (QED) is 0.560. The first-order valence-electron chi connectivity index (χ1n) is 11.4. The van der Waals surface area contributed by atoms with Gasteiger partial charge < -0.3 is 15.4 Å². The van der Waals surface area contributed by atoms with Gasteiger partial charge in [0.1, 0.15) is 0 Å². The molecule has 6 heteroatoms. The van der Waals surface area contributed by atoms with Crippen LogP contribution in [0.2, 0.25) is 0 Å². The smallest absolute Gasteiger partial charge is 0.314 e. The van der Waals surface area contributed by atoms with Gasteiger partial charge in [-0.2, -0.15) is 0 Å². The summed E-state index contributed by atoms with van der Waals surface area (Å²) < 4.78 is 5.37. The molecule has 1 fully saturated rings. The molecule has 0 saturated heterocycles. The number of hydrogen-bond donors (Lipinski definition) is 2. The summed E-state index contributed by atoms with van der Waals surface area (Å²) in [6.07, 6.45) is 5.01. The highest BCUT2D eigenvalue weighted by Gasteiger charge is 2.28. The van der Waals surface area contributed by atoms with Crippen molar-refractivity contribution >= 4 is 23.5 Å². The van der Waals surface area contributed by atoms with E-state index in [4.69, 9.17) is 4.74 Å². The summed E-state index contributed by atoms with van der Waals surface area (Å²) in [5.41, 5.74) is 1.69. The number of carbonyl (C=O) groups excluding carboxylic acids is 3. The molecule has 2 amide bonds. The monoisotopic (exact) mass is 436 g/mol. The van der Waals surface area contributed by atoms with Crippen LogP contribution in [0.5, 0.6) is 0 Å². The van der Waals surface area contributed by atoms with Crippen LogP contribution in [-0.2, 0) is 14.3 Å². The van der Waals surface area contributed by atoms with Crippen LogP contribution in [0.1, 0.15) is 67.8 Å². The molecule has 0 unspecified atom stereocenters. The highest BCUT2D eigenvalue weighted by atomic mass is 16.5. The second kappa shape index (κ2) is 11.5. The third kappa shape index (κ3) is 6.19. The van der Waals surface area contributed by atoms with Crippen molar-refractivity contribution in [2.24, 2.45) is 5.92 Å². The molecular weight excluding hydrogens is 404 g/mol. The average Bonchev–Trinajstić information content (AvgIpc) is 3.31. The summed E-state index contributed by atoms with van der Waals surface area (Å²) in [5, 5.41) is 5.75. The van der Waals surface area contributed by atoms with Crippen molar-refractivity contribution in [2.45, 2.75) is 57.9 Å². The van der Waals surface area contributed by atoms with Crippen LogP contribution in [0.4, 0.5) is 5.69 Å². The lowest BCUT2D eigenvalue weighted by molar-refractivity contribution is -0.150. The summed E-state index contributed by atoms with van der Waals surface area (Å²) in [5.74, 6) is -1.46. The van der Waals surface area contributed by atoms with Crippen LogP contribution in [0.25, 0.3) is 0 Å². The van der Waals surface area contributed by atoms with Crippen molar-refractivity contribution in [2.75, 3.05) is 11.9 Å². The number of ether oxygens (including phenoxy) is 1. The summed E-state index contributed by atoms with van der Waals surface area (Å²) in [7, 11) is 0. The summed E-state index contributed by atoms with van der Waals surface area (Å²) in [6, 6.07) is 16.5. The third-order valence-corrected chi connectivity index (χ3v) is 6.11. The number of para-hydroxylation sites is 1. The second-order valence-electron chi connectivity index (χ2n) is 8.43. The van der Waals surface area contributed by atoms with Crippen LogP contribution in [0, 0.1) is 5.92 Å². The predicted octanol–water partition coefficient (Wildman–Crippen LogP) is 4.67. The maximum Gasteiger partial charge on any atom is 0.314 e. The SMILES string of the molecule is CC[C@H](C)[C@H](C(=O)OCC(=O)Nc1ccccc1C(=O)NC1CCCC1)c1ccccc1. The molecule has 2 atom stereocenters. The molecular formula is C26H32N2O4. The summed E-state index contributed by atoms with van der Waals surface area (Å²) >= 11 is 0. The molecule has 0 aromatic heterocycles. The molecule has 2 N–H and O–H groups in total. The molecule has 2 aromatic rings. The second-order valence-corrected chi connectivity index (χ2v) is 8.43. The van der Waals surface area contributed by atoms with Crippen LogP contribution < -0.4 is 10.6 Å². The van der Waals surface area contributed by atoms with Gasteiger partial charge in [0, 0.05) is 6.04 Å². The predicted molar refractivity (Wildman–Crippen MR) is 124 cm³/mol. The highest BCUT2D eigenvalue weighted by Crippen LogP contribution is 2.28. The van der Waals surface area contributed by atoms with E-state index in [1.165, 1.54) is 0 Å². The lowest BCUT2D eigenvalue weighted by Crippen LogP contribution is -2.33. The van der Waals surface area contributed by atoms with Gasteiger partial charge in [0.25, 0.3) is 11.8 Å². The molecule has 32 heavy (non-hydrogen) atoms. The fourth-order valence-corrected chi connectivity index (χ4v) is 4.13. The molecule has 0 radical (unpaired) electrons. The lowest BCUT2D eigenvalue weighted by Gasteiger charge is -2.22. The van der Waals surface area contributed by atoms with Crippen LogP contribution >= 0.6 is 0 Å². The molecule has 1 saturated carbocycles. The molecule has 0 bridgehead atoms. The van der Waals surface area contributed by atoms with Crippen molar-refractivity contribution in [1.82, 2.24) is 5.32 Å². The molecule has 0 heterocycles. The lowest BCUT2D eigenvalue weighted by atomic mass is 9.86. The van der Waals surface area contributed by atoms with Gasteiger partial charge in [-0.1, -0.05) is 75.6 Å². The summed E-state index contributed by atoms with van der Waals surface area (Å²) in [6.45, 7) is 3.61. The first-order valence-corrected chi connectivity index (χ1v) is 11.4. The Hall–Kier alpha value is -3.15. The van der Waals surface area contributed by atoms with E-state index in [-0.39, 0.29) is 17.9 Å². The molecule has 6 nitrogen and oxygen atoms in total. The van der Waals surface area contributed by atoms with E-state index in [9.17, 15) is 14.4 Å². The van der Waals surface area contributed by atoms with E-state index in [0.717, 1.165) is 37.7 Å². The number of nitrogens with one attached hydrogen (secondary N) is 2. The van der Waals surface area contributed by atoms with Crippen molar-refractivity contribution < 1.29 is 19.1 Å². The first kappa shape index (κ1) is 23.5. The maximum atomic E-state index is 12.8. The third-order valence-electron chi connectivity index (χ3n) is 6.11. The fourth-order valence-electron chi connectivity index (χ4n) is 4.13. The van der Waals surface area contributed by atoms with E-state index < -0.39 is 24.4 Å². The molecule has 3 rings (SSSR count). The number of hydrogen-bond acceptors (Lipinski definition) is 4. The minimum atomic E-state index is -0.476. The minimum Gasteiger partial charge on any atom is -0.455 e. The molecule has 170 valence electrons. The molecule has 0 aliphatic heterocycles. The van der Waals surface area contributed by atoms with E-state index in [1.807, 2.05) is 44.2 Å². The average molecular weight is 437 g/mol. The van der Waals surface area contributed by atoms with Crippen molar-refractivity contribution in [3.05, 3.63) is 65.7 Å². The number of amides is 2. The number of anilines is 1. The number of benzene rings is 2. The van der Waals surface area contributed by atoms with E-state index >= 15 is 0 Å². The van der Waals surface area contributed by atoms with Gasteiger partial charge >= 0.3 is 5.97 Å². The topological polar surface area (TPSA) is 84.5 Å². The Labute approximate surface area is 189 Å². The van der Waals surface area contributed by atoms with Gasteiger partial charge in [0.15, 0.2) is 6.61 Å². The van der Waals surface area contributed by atoms with Gasteiger partial charge in [0.05, 0.1) is 17.2 Å². The normalized spacial score (nSPS) is 15.6. The van der Waals surface area contributed by atoms with E-state index in [1.54, 1.807) is 24.3 Å². The fraction of sp³-hybridized carbons (Fsp3) is 0.423. The van der Waals surface area contributed by atoms with Crippen molar-refractivity contribution in [3.63, 3.8) is 0 Å². The Kier molecular flexibility index (Phi) is 8.42. The molecule has 1 aliphatic carbocycles. The number of rotatable bonds is 9. The van der Waals surface area contributed by atoms with Gasteiger partial charge in [-0.3, -0.25) is 14.4 Å². The Balaban J connectivity index is 1.61. The Bertz CT molecular complexity index is 922. The van der Waals surface area contributed by atoms with E-state index in [0.29, 0.717) is 11.3 Å². The van der Waals surface area contributed by atoms with Crippen LogP contribution in [0.15, 0.2) is 54.6 Å². The number of carbonyl (C=O) groups is 3. The summed E-state index contributed by atoms with van der Waals surface area (Å²) in [4.78, 5) is 38.0. The van der Waals surface area contributed by atoms with Crippen LogP contribution in [-0.4, -0.2) is 30.4 Å². The van der Waals surface area contributed by atoms with Crippen molar-refractivity contribution in [1.29, 1.82) is 0 Å². The Morgan fingerprint density at radius 1 is 1.00 bits per heavy atom. The Morgan fingerprint density at radius 3 is 2.34 bits per heavy atom. The largest absolute Gasteiger partial charge is 0.455 e. The Morgan fingerprint density at radius 2 is 1.66 bits per heavy atom. The van der Waals surface area contributed by atoms with Gasteiger partial charge in [-0.15, -0.1) is 0 Å².